The van der Waals surface area contributed by atoms with Gasteiger partial charge in [0.25, 0.3) is 0 Å². The molecule has 112 valence electrons. The average Bonchev–Trinajstić information content (AvgIpc) is 2.38. The predicted molar refractivity (Wildman–Crippen MR) is 81.4 cm³/mol. The van der Waals surface area contributed by atoms with Gasteiger partial charge in [0.1, 0.15) is 0 Å². The highest BCUT2D eigenvalue weighted by atomic mass is 32.2. The lowest BCUT2D eigenvalue weighted by Crippen LogP contribution is -2.51. The average molecular weight is 296 g/mol. The van der Waals surface area contributed by atoms with Crippen LogP contribution in [0.25, 0.3) is 0 Å². The third kappa shape index (κ3) is 3.22. The number of piperazine rings is 1. The molecule has 1 fully saturated rings. The Morgan fingerprint density at radius 1 is 1.20 bits per heavy atom. The van der Waals surface area contributed by atoms with E-state index in [0.29, 0.717) is 24.5 Å². The molecule has 1 aromatic carbocycles. The Morgan fingerprint density at radius 2 is 1.80 bits per heavy atom. The molecular weight excluding hydrogens is 272 g/mol. The van der Waals surface area contributed by atoms with Crippen molar-refractivity contribution in [1.82, 2.24) is 9.62 Å². The van der Waals surface area contributed by atoms with E-state index in [1.807, 2.05) is 19.1 Å². The van der Waals surface area contributed by atoms with Crippen molar-refractivity contribution in [2.24, 2.45) is 0 Å². The van der Waals surface area contributed by atoms with Crippen molar-refractivity contribution in [3.63, 3.8) is 0 Å². The Hall–Kier alpha value is -0.910. The molecule has 1 unspecified atom stereocenters. The molecule has 1 aliphatic heterocycles. The van der Waals surface area contributed by atoms with Gasteiger partial charge in [0.2, 0.25) is 10.0 Å². The highest BCUT2D eigenvalue weighted by Crippen LogP contribution is 2.24. The second kappa shape index (κ2) is 5.47. The van der Waals surface area contributed by atoms with Crippen molar-refractivity contribution in [2.45, 2.75) is 44.0 Å². The van der Waals surface area contributed by atoms with E-state index < -0.39 is 10.0 Å². The lowest BCUT2D eigenvalue weighted by Gasteiger charge is -2.31. The van der Waals surface area contributed by atoms with Gasteiger partial charge in [-0.2, -0.15) is 4.31 Å². The number of rotatable bonds is 2. The lowest BCUT2D eigenvalue weighted by atomic mass is 9.87. The van der Waals surface area contributed by atoms with Gasteiger partial charge >= 0.3 is 0 Å². The van der Waals surface area contributed by atoms with E-state index >= 15 is 0 Å². The molecule has 1 atom stereocenters. The number of nitrogens with zero attached hydrogens (tertiary/aromatic N) is 1. The van der Waals surface area contributed by atoms with Gasteiger partial charge in [-0.25, -0.2) is 8.42 Å². The summed E-state index contributed by atoms with van der Waals surface area (Å²) in [6, 6.07) is 7.48. The van der Waals surface area contributed by atoms with Gasteiger partial charge in [-0.15, -0.1) is 0 Å². The highest BCUT2D eigenvalue weighted by Gasteiger charge is 2.28. The molecule has 0 aromatic heterocycles. The van der Waals surface area contributed by atoms with Gasteiger partial charge < -0.3 is 5.32 Å². The molecule has 0 aliphatic carbocycles. The van der Waals surface area contributed by atoms with Crippen LogP contribution in [0.3, 0.4) is 0 Å². The summed E-state index contributed by atoms with van der Waals surface area (Å²) in [5.41, 5.74) is 1.18. The van der Waals surface area contributed by atoms with Gasteiger partial charge in [0.05, 0.1) is 4.90 Å². The van der Waals surface area contributed by atoms with E-state index in [2.05, 4.69) is 26.1 Å². The third-order valence-electron chi connectivity index (χ3n) is 3.69. The maximum absolute atomic E-state index is 12.6. The Labute approximate surface area is 122 Å². The SMILES string of the molecule is CC1CN(S(=O)(=O)c2ccc(C(C)(C)C)cc2)CCN1. The summed E-state index contributed by atoms with van der Waals surface area (Å²) < 4.78 is 26.8. The number of benzene rings is 1. The third-order valence-corrected chi connectivity index (χ3v) is 5.57. The minimum Gasteiger partial charge on any atom is -0.312 e. The van der Waals surface area contributed by atoms with Crippen molar-refractivity contribution >= 4 is 10.0 Å². The van der Waals surface area contributed by atoms with E-state index in [1.54, 1.807) is 16.4 Å². The molecule has 20 heavy (non-hydrogen) atoms. The Kier molecular flexibility index (Phi) is 4.23. The smallest absolute Gasteiger partial charge is 0.243 e. The first-order valence-electron chi connectivity index (χ1n) is 7.05. The fourth-order valence-corrected chi connectivity index (χ4v) is 3.92. The normalized spacial score (nSPS) is 21.9. The standard InChI is InChI=1S/C15H24N2O2S/c1-12-11-17(10-9-16-12)20(18,19)14-7-5-13(6-8-14)15(2,3)4/h5-8,12,16H,9-11H2,1-4H3. The van der Waals surface area contributed by atoms with Crippen LogP contribution in [-0.4, -0.2) is 38.4 Å². The van der Waals surface area contributed by atoms with Crippen molar-refractivity contribution < 1.29 is 8.42 Å². The van der Waals surface area contributed by atoms with E-state index in [0.717, 1.165) is 5.56 Å². The predicted octanol–water partition coefficient (Wildman–Crippen LogP) is 1.97. The van der Waals surface area contributed by atoms with Crippen LogP contribution in [0.1, 0.15) is 33.3 Å². The summed E-state index contributed by atoms with van der Waals surface area (Å²) in [4.78, 5) is 0.389. The molecule has 5 heteroatoms. The van der Waals surface area contributed by atoms with Crippen molar-refractivity contribution in [3.05, 3.63) is 29.8 Å². The fourth-order valence-electron chi connectivity index (χ4n) is 2.39. The van der Waals surface area contributed by atoms with Crippen LogP contribution in [-0.2, 0) is 15.4 Å². The fraction of sp³-hybridized carbons (Fsp3) is 0.600. The Balaban J connectivity index is 2.26. The minimum absolute atomic E-state index is 0.0336. The van der Waals surface area contributed by atoms with Crippen molar-refractivity contribution in [1.29, 1.82) is 0 Å². The maximum atomic E-state index is 12.6. The first-order chi connectivity index (χ1) is 9.21. The van der Waals surface area contributed by atoms with Crippen LogP contribution in [0.2, 0.25) is 0 Å². The summed E-state index contributed by atoms with van der Waals surface area (Å²) >= 11 is 0. The maximum Gasteiger partial charge on any atom is 0.243 e. The zero-order valence-corrected chi connectivity index (χ0v) is 13.5. The number of hydrogen-bond acceptors (Lipinski definition) is 3. The molecule has 0 radical (unpaired) electrons. The van der Waals surface area contributed by atoms with Crippen LogP contribution >= 0.6 is 0 Å². The van der Waals surface area contributed by atoms with Gasteiger partial charge in [0.15, 0.2) is 0 Å². The van der Waals surface area contributed by atoms with E-state index in [4.69, 9.17) is 0 Å². The van der Waals surface area contributed by atoms with Gasteiger partial charge in [-0.05, 0) is 30.0 Å². The number of hydrogen-bond donors (Lipinski definition) is 1. The van der Waals surface area contributed by atoms with E-state index in [9.17, 15) is 8.42 Å². The molecule has 2 rings (SSSR count). The van der Waals surface area contributed by atoms with E-state index in [-0.39, 0.29) is 11.5 Å². The molecule has 1 N–H and O–H groups in total. The summed E-state index contributed by atoms with van der Waals surface area (Å²) in [5, 5.41) is 3.26. The van der Waals surface area contributed by atoms with Crippen LogP contribution in [0, 0.1) is 0 Å². The summed E-state index contributed by atoms with van der Waals surface area (Å²) in [6.45, 7) is 10.1. The lowest BCUT2D eigenvalue weighted by molar-refractivity contribution is 0.310. The summed E-state index contributed by atoms with van der Waals surface area (Å²) in [6.07, 6.45) is 0. The van der Waals surface area contributed by atoms with Crippen LogP contribution in [0.5, 0.6) is 0 Å². The number of nitrogens with one attached hydrogen (secondary N) is 1. The second-order valence-electron chi connectivity index (χ2n) is 6.49. The van der Waals surface area contributed by atoms with Crippen LogP contribution in [0.15, 0.2) is 29.2 Å². The molecule has 0 amide bonds. The Morgan fingerprint density at radius 3 is 2.30 bits per heavy atom. The molecule has 1 aromatic rings. The molecule has 1 saturated heterocycles. The molecule has 0 bridgehead atoms. The van der Waals surface area contributed by atoms with Crippen molar-refractivity contribution in [3.8, 4) is 0 Å². The highest BCUT2D eigenvalue weighted by molar-refractivity contribution is 7.89. The monoisotopic (exact) mass is 296 g/mol. The van der Waals surface area contributed by atoms with Crippen molar-refractivity contribution in [2.75, 3.05) is 19.6 Å². The Bertz CT molecular complexity index is 559. The largest absolute Gasteiger partial charge is 0.312 e. The molecule has 1 aliphatic rings. The number of sulfonamides is 1. The topological polar surface area (TPSA) is 49.4 Å². The molecular formula is C15H24N2O2S. The molecule has 1 heterocycles. The first kappa shape index (κ1) is 15.5. The molecule has 0 spiro atoms. The first-order valence-corrected chi connectivity index (χ1v) is 8.49. The van der Waals surface area contributed by atoms with Gasteiger partial charge in [0, 0.05) is 25.7 Å². The van der Waals surface area contributed by atoms with Gasteiger partial charge in [-0.1, -0.05) is 32.9 Å². The van der Waals surface area contributed by atoms with E-state index in [1.165, 1.54) is 0 Å². The zero-order chi connectivity index (χ0) is 15.0. The van der Waals surface area contributed by atoms with Crippen LogP contribution in [0.4, 0.5) is 0 Å². The summed E-state index contributed by atoms with van der Waals surface area (Å²) in [7, 11) is -3.36. The zero-order valence-electron chi connectivity index (χ0n) is 12.7. The second-order valence-corrected chi connectivity index (χ2v) is 8.43. The molecule has 0 saturated carbocycles. The minimum atomic E-state index is -3.36. The van der Waals surface area contributed by atoms with Gasteiger partial charge in [-0.3, -0.25) is 0 Å². The molecule has 4 nitrogen and oxygen atoms in total. The summed E-state index contributed by atoms with van der Waals surface area (Å²) in [5.74, 6) is 0. The van der Waals surface area contributed by atoms with Crippen LogP contribution < -0.4 is 5.32 Å². The quantitative estimate of drug-likeness (QED) is 0.907.